The van der Waals surface area contributed by atoms with Crippen molar-refractivity contribution in [2.45, 2.75) is 25.5 Å². The molecular weight excluding hydrogens is 402 g/mol. The van der Waals surface area contributed by atoms with Crippen molar-refractivity contribution in [1.29, 1.82) is 0 Å². The van der Waals surface area contributed by atoms with Crippen LogP contribution in [-0.2, 0) is 33.8 Å². The summed E-state index contributed by atoms with van der Waals surface area (Å²) in [6.07, 6.45) is 9.08. The van der Waals surface area contributed by atoms with Crippen molar-refractivity contribution in [2.24, 2.45) is 0 Å². The summed E-state index contributed by atoms with van der Waals surface area (Å²) in [7, 11) is 0. The number of allylic oxidation sites excluding steroid dienone is 2. The minimum absolute atomic E-state index is 0.209. The molecule has 3 heterocycles. The molecule has 1 amide bonds. The van der Waals surface area contributed by atoms with Gasteiger partial charge >= 0.3 is 0 Å². The predicted molar refractivity (Wildman–Crippen MR) is 123 cm³/mol. The fourth-order valence-corrected chi connectivity index (χ4v) is 4.03. The molecule has 1 aromatic heterocycles. The highest BCUT2D eigenvalue weighted by atomic mass is 16.5. The number of amides is 1. The second kappa shape index (κ2) is 9.58. The van der Waals surface area contributed by atoms with Crippen molar-refractivity contribution in [1.82, 2.24) is 15.6 Å². The van der Waals surface area contributed by atoms with Crippen molar-refractivity contribution in [3.05, 3.63) is 107 Å². The monoisotopic (exact) mass is 427 g/mol. The van der Waals surface area contributed by atoms with Crippen LogP contribution in [0.3, 0.4) is 0 Å². The van der Waals surface area contributed by atoms with Crippen molar-refractivity contribution in [3.8, 4) is 0 Å². The van der Waals surface area contributed by atoms with Gasteiger partial charge in [0, 0.05) is 34.8 Å². The molecule has 0 bridgehead atoms. The average molecular weight is 428 g/mol. The zero-order valence-electron chi connectivity index (χ0n) is 17.8. The predicted octanol–water partition coefficient (Wildman–Crippen LogP) is 3.02. The standard InChI is InChI=1S/C26H25N3O3/c1-3-21-23(4-2)29-26(31)24(21)25-22-8-7-17(12-19(22)16-32-25)9-11-28-20(15-30)13-18-6-5-10-27-14-18/h3-8,10,12,14-15,20,28H,1-2,9,11,13,16H2,(H,29,31)/b25-24+. The van der Waals surface area contributed by atoms with Gasteiger partial charge in [-0.15, -0.1) is 0 Å². The molecule has 0 saturated carbocycles. The van der Waals surface area contributed by atoms with Crippen LogP contribution in [0, 0.1) is 0 Å². The third-order valence-electron chi connectivity index (χ3n) is 5.62. The SMILES string of the molecule is C=CC1=C(C=C)/C(=C2\OCc3cc(CCNC(C=O)Cc4cccnc4)ccc32)C(=O)N1. The van der Waals surface area contributed by atoms with Crippen LogP contribution >= 0.6 is 0 Å². The van der Waals surface area contributed by atoms with Crippen LogP contribution in [0.25, 0.3) is 5.76 Å². The van der Waals surface area contributed by atoms with Gasteiger partial charge in [-0.2, -0.15) is 0 Å². The van der Waals surface area contributed by atoms with E-state index in [2.05, 4.69) is 34.8 Å². The number of hydrogen-bond donors (Lipinski definition) is 2. The summed E-state index contributed by atoms with van der Waals surface area (Å²) < 4.78 is 5.92. The second-order valence-electron chi connectivity index (χ2n) is 7.69. The lowest BCUT2D eigenvalue weighted by molar-refractivity contribution is -0.116. The fourth-order valence-electron chi connectivity index (χ4n) is 4.03. The van der Waals surface area contributed by atoms with Crippen LogP contribution in [-0.4, -0.2) is 29.8 Å². The molecule has 0 saturated heterocycles. The lowest BCUT2D eigenvalue weighted by Gasteiger charge is -2.13. The number of rotatable bonds is 9. The number of carbonyl (C=O) groups is 2. The van der Waals surface area contributed by atoms with Gasteiger partial charge in [0.15, 0.2) is 0 Å². The minimum atomic E-state index is -0.252. The van der Waals surface area contributed by atoms with Gasteiger partial charge in [0.05, 0.1) is 11.6 Å². The molecule has 2 N–H and O–H groups in total. The third kappa shape index (κ3) is 4.31. The third-order valence-corrected chi connectivity index (χ3v) is 5.62. The van der Waals surface area contributed by atoms with E-state index in [1.807, 2.05) is 24.3 Å². The molecule has 0 fully saturated rings. The Morgan fingerprint density at radius 3 is 2.81 bits per heavy atom. The number of pyridine rings is 1. The second-order valence-corrected chi connectivity index (χ2v) is 7.69. The first-order chi connectivity index (χ1) is 15.6. The molecule has 1 unspecified atom stereocenters. The van der Waals surface area contributed by atoms with Gasteiger partial charge in [-0.05, 0) is 42.7 Å². The van der Waals surface area contributed by atoms with Crippen LogP contribution < -0.4 is 10.6 Å². The molecule has 0 radical (unpaired) electrons. The Morgan fingerprint density at radius 1 is 1.22 bits per heavy atom. The highest BCUT2D eigenvalue weighted by Gasteiger charge is 2.32. The summed E-state index contributed by atoms with van der Waals surface area (Å²) in [6, 6.07) is 9.71. The quantitative estimate of drug-likeness (QED) is 0.475. The Morgan fingerprint density at radius 2 is 2.09 bits per heavy atom. The molecule has 1 atom stereocenters. The number of aldehydes is 1. The molecule has 162 valence electrons. The summed E-state index contributed by atoms with van der Waals surface area (Å²) in [4.78, 5) is 28.0. The maximum atomic E-state index is 12.5. The van der Waals surface area contributed by atoms with Gasteiger partial charge < -0.3 is 20.2 Å². The Balaban J connectivity index is 1.45. The molecule has 6 nitrogen and oxygen atoms in total. The Bertz CT molecular complexity index is 1130. The smallest absolute Gasteiger partial charge is 0.260 e. The number of aromatic nitrogens is 1. The van der Waals surface area contributed by atoms with Crippen molar-refractivity contribution < 1.29 is 14.3 Å². The van der Waals surface area contributed by atoms with Gasteiger partial charge in [-0.25, -0.2) is 0 Å². The largest absolute Gasteiger partial charge is 0.487 e. The van der Waals surface area contributed by atoms with Crippen LogP contribution in [0.5, 0.6) is 0 Å². The molecule has 2 aliphatic heterocycles. The number of ether oxygens (including phenoxy) is 1. The highest BCUT2D eigenvalue weighted by molar-refractivity contribution is 6.09. The maximum absolute atomic E-state index is 12.5. The molecule has 2 aromatic rings. The summed E-state index contributed by atoms with van der Waals surface area (Å²) in [5.74, 6) is 0.367. The number of nitrogens with zero attached hydrogens (tertiary/aromatic N) is 1. The summed E-state index contributed by atoms with van der Waals surface area (Å²) >= 11 is 0. The average Bonchev–Trinajstić information content (AvgIpc) is 3.38. The Labute approximate surface area is 187 Å². The molecule has 2 aliphatic rings. The van der Waals surface area contributed by atoms with Gasteiger partial charge in [0.2, 0.25) is 0 Å². The van der Waals surface area contributed by atoms with Crippen LogP contribution in [0.4, 0.5) is 0 Å². The van der Waals surface area contributed by atoms with E-state index in [9.17, 15) is 9.59 Å². The number of carbonyl (C=O) groups excluding carboxylic acids is 2. The molecule has 4 rings (SSSR count). The topological polar surface area (TPSA) is 80.3 Å². The zero-order chi connectivity index (χ0) is 22.5. The lowest BCUT2D eigenvalue weighted by Crippen LogP contribution is -2.34. The van der Waals surface area contributed by atoms with Gasteiger partial charge in [0.1, 0.15) is 18.7 Å². The summed E-state index contributed by atoms with van der Waals surface area (Å²) in [5.41, 5.74) is 5.95. The van der Waals surface area contributed by atoms with E-state index >= 15 is 0 Å². The van der Waals surface area contributed by atoms with Gasteiger partial charge in [-0.1, -0.05) is 43.5 Å². The van der Waals surface area contributed by atoms with Crippen LogP contribution in [0.15, 0.2) is 84.9 Å². The van der Waals surface area contributed by atoms with Gasteiger partial charge in [0.25, 0.3) is 5.91 Å². The van der Waals surface area contributed by atoms with E-state index in [1.54, 1.807) is 24.5 Å². The number of benzene rings is 1. The van der Waals surface area contributed by atoms with Crippen molar-refractivity contribution in [3.63, 3.8) is 0 Å². The normalized spacial score (nSPS) is 18.1. The Kier molecular flexibility index (Phi) is 6.42. The molecule has 32 heavy (non-hydrogen) atoms. The number of nitrogens with one attached hydrogen (secondary N) is 2. The lowest BCUT2D eigenvalue weighted by atomic mass is 9.98. The first kappa shape index (κ1) is 21.5. The van der Waals surface area contributed by atoms with E-state index in [1.165, 1.54) is 0 Å². The van der Waals surface area contributed by atoms with Crippen molar-refractivity contribution in [2.75, 3.05) is 6.54 Å². The minimum Gasteiger partial charge on any atom is -0.487 e. The van der Waals surface area contributed by atoms with E-state index in [0.29, 0.717) is 42.2 Å². The summed E-state index contributed by atoms with van der Waals surface area (Å²) in [6.45, 7) is 8.66. The number of hydrogen-bond acceptors (Lipinski definition) is 5. The highest BCUT2D eigenvalue weighted by Crippen LogP contribution is 2.37. The molecule has 0 spiro atoms. The fraction of sp³-hybridized carbons (Fsp3) is 0.192. The van der Waals surface area contributed by atoms with Crippen LogP contribution in [0.1, 0.15) is 22.3 Å². The Hall–Kier alpha value is -3.77. The van der Waals surface area contributed by atoms with Gasteiger partial charge in [-0.3, -0.25) is 9.78 Å². The van der Waals surface area contributed by atoms with E-state index in [-0.39, 0.29) is 11.9 Å². The summed E-state index contributed by atoms with van der Waals surface area (Å²) in [5, 5.41) is 6.11. The number of fused-ring (bicyclic) bond motifs is 1. The first-order valence-corrected chi connectivity index (χ1v) is 10.5. The zero-order valence-corrected chi connectivity index (χ0v) is 17.8. The van der Waals surface area contributed by atoms with E-state index < -0.39 is 0 Å². The molecular formula is C26H25N3O3. The van der Waals surface area contributed by atoms with E-state index in [0.717, 1.165) is 35.0 Å². The first-order valence-electron chi connectivity index (χ1n) is 10.5. The molecule has 6 heteroatoms. The molecule has 0 aliphatic carbocycles. The molecule has 1 aromatic carbocycles. The van der Waals surface area contributed by atoms with E-state index in [4.69, 9.17) is 4.74 Å². The van der Waals surface area contributed by atoms with Crippen molar-refractivity contribution >= 4 is 18.0 Å². The maximum Gasteiger partial charge on any atom is 0.260 e. The van der Waals surface area contributed by atoms with Crippen LogP contribution in [0.2, 0.25) is 0 Å².